The van der Waals surface area contributed by atoms with Crippen molar-refractivity contribution in [2.24, 2.45) is 0 Å². The molecule has 1 amide bonds. The highest BCUT2D eigenvalue weighted by atomic mass is 16.2. The van der Waals surface area contributed by atoms with E-state index in [0.717, 1.165) is 28.6 Å². The maximum atomic E-state index is 13.3. The van der Waals surface area contributed by atoms with Crippen LogP contribution in [-0.2, 0) is 17.8 Å². The fourth-order valence-electron chi connectivity index (χ4n) is 4.00. The summed E-state index contributed by atoms with van der Waals surface area (Å²) in [5.74, 6) is 0.374. The van der Waals surface area contributed by atoms with Crippen LogP contribution in [0.5, 0.6) is 0 Å². The predicted molar refractivity (Wildman–Crippen MR) is 128 cm³/mol. The topological polar surface area (TPSA) is 81.3 Å². The minimum Gasteiger partial charge on any atom is -0.354 e. The van der Waals surface area contributed by atoms with E-state index >= 15 is 0 Å². The van der Waals surface area contributed by atoms with Crippen molar-refractivity contribution in [2.75, 3.05) is 6.54 Å². The summed E-state index contributed by atoms with van der Waals surface area (Å²) < 4.78 is 3.24. The molecule has 0 bridgehead atoms. The lowest BCUT2D eigenvalue weighted by Crippen LogP contribution is -2.34. The molecule has 164 valence electrons. The largest absolute Gasteiger partial charge is 0.354 e. The smallest absolute Gasteiger partial charge is 0.297 e. The van der Waals surface area contributed by atoms with Crippen LogP contribution in [0.3, 0.4) is 0 Å². The van der Waals surface area contributed by atoms with Crippen LogP contribution < -0.4 is 10.9 Å². The molecule has 0 fully saturated rings. The minimum atomic E-state index is -0.349. The van der Waals surface area contributed by atoms with Gasteiger partial charge in [0.25, 0.3) is 5.56 Å². The van der Waals surface area contributed by atoms with E-state index in [9.17, 15) is 9.59 Å². The van der Waals surface area contributed by atoms with E-state index in [0.29, 0.717) is 17.9 Å². The average Bonchev–Trinajstić information content (AvgIpc) is 3.28. The second kappa shape index (κ2) is 8.70. The molecule has 0 aliphatic carbocycles. The molecule has 0 aliphatic rings. The van der Waals surface area contributed by atoms with E-state index in [-0.39, 0.29) is 23.7 Å². The molecule has 0 saturated carbocycles. The number of carbonyl (C=O) groups is 1. The van der Waals surface area contributed by atoms with Gasteiger partial charge in [0.15, 0.2) is 5.82 Å². The van der Waals surface area contributed by atoms with Crippen molar-refractivity contribution in [2.45, 2.75) is 19.9 Å². The molecule has 7 heteroatoms. The number of nitrogens with zero attached hydrogens (tertiary/aromatic N) is 4. The zero-order chi connectivity index (χ0) is 22.8. The molecule has 5 rings (SSSR count). The zero-order valence-corrected chi connectivity index (χ0v) is 18.2. The van der Waals surface area contributed by atoms with Gasteiger partial charge in [0.2, 0.25) is 11.6 Å². The van der Waals surface area contributed by atoms with E-state index in [1.54, 1.807) is 4.40 Å². The summed E-state index contributed by atoms with van der Waals surface area (Å²) in [6.07, 6.45) is 0.728. The highest BCUT2D eigenvalue weighted by Crippen LogP contribution is 2.22. The Labute approximate surface area is 190 Å². The molecule has 3 aromatic carbocycles. The Morgan fingerprint density at radius 2 is 1.58 bits per heavy atom. The molecule has 7 nitrogen and oxygen atoms in total. The third kappa shape index (κ3) is 4.01. The SMILES string of the molecule is Cc1ccc(-c2nnc3c(=O)n(CC(=O)NCCc4ccccc4)c4ccccc4n23)cc1. The number of para-hydroxylation sites is 2. The van der Waals surface area contributed by atoms with Gasteiger partial charge >= 0.3 is 0 Å². The van der Waals surface area contributed by atoms with Crippen LogP contribution in [0.15, 0.2) is 83.7 Å². The number of fused-ring (bicyclic) bond motifs is 3. The van der Waals surface area contributed by atoms with Crippen LogP contribution in [-0.4, -0.2) is 31.6 Å². The van der Waals surface area contributed by atoms with E-state index in [2.05, 4.69) is 15.5 Å². The lowest BCUT2D eigenvalue weighted by molar-refractivity contribution is -0.121. The number of hydrogen-bond acceptors (Lipinski definition) is 4. The van der Waals surface area contributed by atoms with Crippen molar-refractivity contribution >= 4 is 22.6 Å². The predicted octanol–water partition coefficient (Wildman–Crippen LogP) is 3.38. The number of rotatable bonds is 6. The van der Waals surface area contributed by atoms with Gasteiger partial charge in [-0.25, -0.2) is 0 Å². The first-order valence-corrected chi connectivity index (χ1v) is 10.9. The first-order chi connectivity index (χ1) is 16.1. The third-order valence-corrected chi connectivity index (χ3v) is 5.70. The number of benzene rings is 3. The summed E-state index contributed by atoms with van der Waals surface area (Å²) in [6.45, 7) is 2.43. The molecule has 0 spiro atoms. The normalized spacial score (nSPS) is 11.2. The van der Waals surface area contributed by atoms with Gasteiger partial charge < -0.3 is 5.32 Å². The van der Waals surface area contributed by atoms with Crippen molar-refractivity contribution in [3.05, 3.63) is 100 Å². The van der Waals surface area contributed by atoms with Crippen LogP contribution in [0.1, 0.15) is 11.1 Å². The first-order valence-electron chi connectivity index (χ1n) is 10.9. The lowest BCUT2D eigenvalue weighted by atomic mass is 10.1. The Bertz CT molecular complexity index is 1500. The lowest BCUT2D eigenvalue weighted by Gasteiger charge is -2.13. The Morgan fingerprint density at radius 1 is 0.879 bits per heavy atom. The highest BCUT2D eigenvalue weighted by molar-refractivity contribution is 5.83. The van der Waals surface area contributed by atoms with Gasteiger partial charge in [-0.3, -0.25) is 18.6 Å². The molecule has 0 atom stereocenters. The maximum Gasteiger partial charge on any atom is 0.297 e. The van der Waals surface area contributed by atoms with Crippen molar-refractivity contribution < 1.29 is 4.79 Å². The maximum absolute atomic E-state index is 13.3. The molecule has 5 aromatic rings. The zero-order valence-electron chi connectivity index (χ0n) is 18.2. The van der Waals surface area contributed by atoms with Gasteiger partial charge in [-0.05, 0) is 31.0 Å². The summed E-state index contributed by atoms with van der Waals surface area (Å²) in [4.78, 5) is 26.0. The Kier molecular flexibility index (Phi) is 5.44. The standard InChI is InChI=1S/C26H23N5O2/c1-18-11-13-20(14-12-18)24-28-29-25-26(33)30(21-9-5-6-10-22(21)31(24)25)17-23(32)27-16-15-19-7-3-2-4-8-19/h2-14H,15-17H2,1H3,(H,27,32). The Balaban J connectivity index is 1.49. The fourth-order valence-corrected chi connectivity index (χ4v) is 4.00. The van der Waals surface area contributed by atoms with Gasteiger partial charge in [0, 0.05) is 12.1 Å². The molecule has 0 aliphatic heterocycles. The molecule has 0 saturated heterocycles. The number of carbonyl (C=O) groups excluding carboxylic acids is 1. The molecule has 1 N–H and O–H groups in total. The molecule has 2 aromatic heterocycles. The van der Waals surface area contributed by atoms with Gasteiger partial charge in [0.1, 0.15) is 6.54 Å². The van der Waals surface area contributed by atoms with E-state index in [1.807, 2.05) is 85.8 Å². The quantitative estimate of drug-likeness (QED) is 0.442. The summed E-state index contributed by atoms with van der Waals surface area (Å²) in [7, 11) is 0. The summed E-state index contributed by atoms with van der Waals surface area (Å²) in [6, 6.07) is 25.4. The number of aryl methyl sites for hydroxylation is 1. The molecule has 0 radical (unpaired) electrons. The van der Waals surface area contributed by atoms with E-state index in [1.165, 1.54) is 4.57 Å². The third-order valence-electron chi connectivity index (χ3n) is 5.70. The fraction of sp³-hybridized carbons (Fsp3) is 0.154. The van der Waals surface area contributed by atoms with Crippen LogP contribution in [0.25, 0.3) is 28.1 Å². The van der Waals surface area contributed by atoms with Gasteiger partial charge in [-0.15, -0.1) is 10.2 Å². The van der Waals surface area contributed by atoms with Gasteiger partial charge in [-0.1, -0.05) is 72.3 Å². The Morgan fingerprint density at radius 3 is 2.33 bits per heavy atom. The van der Waals surface area contributed by atoms with Crippen LogP contribution >= 0.6 is 0 Å². The van der Waals surface area contributed by atoms with Crippen molar-refractivity contribution in [3.63, 3.8) is 0 Å². The van der Waals surface area contributed by atoms with Gasteiger partial charge in [0.05, 0.1) is 11.0 Å². The minimum absolute atomic E-state index is 0.0860. The van der Waals surface area contributed by atoms with Crippen LogP contribution in [0, 0.1) is 6.92 Å². The van der Waals surface area contributed by atoms with E-state index < -0.39 is 0 Å². The molecule has 33 heavy (non-hydrogen) atoms. The monoisotopic (exact) mass is 437 g/mol. The van der Waals surface area contributed by atoms with Crippen molar-refractivity contribution in [3.8, 4) is 11.4 Å². The summed E-state index contributed by atoms with van der Waals surface area (Å²) >= 11 is 0. The average molecular weight is 438 g/mol. The number of amides is 1. The van der Waals surface area contributed by atoms with Crippen molar-refractivity contribution in [1.82, 2.24) is 24.5 Å². The number of aromatic nitrogens is 4. The first kappa shape index (κ1) is 20.6. The van der Waals surface area contributed by atoms with Crippen LogP contribution in [0.4, 0.5) is 0 Å². The second-order valence-corrected chi connectivity index (χ2v) is 8.01. The molecule has 2 heterocycles. The van der Waals surface area contributed by atoms with Gasteiger partial charge in [-0.2, -0.15) is 0 Å². The van der Waals surface area contributed by atoms with Crippen molar-refractivity contribution in [1.29, 1.82) is 0 Å². The molecule has 0 unspecified atom stereocenters. The summed E-state index contributed by atoms with van der Waals surface area (Å²) in [5.41, 5.74) is 4.42. The summed E-state index contributed by atoms with van der Waals surface area (Å²) in [5, 5.41) is 11.4. The number of hydrogen-bond donors (Lipinski definition) is 1. The molecular weight excluding hydrogens is 414 g/mol. The Hall–Kier alpha value is -4.26. The molecular formula is C26H23N5O2. The number of nitrogens with one attached hydrogen (secondary N) is 1. The van der Waals surface area contributed by atoms with Crippen LogP contribution in [0.2, 0.25) is 0 Å². The van der Waals surface area contributed by atoms with E-state index in [4.69, 9.17) is 0 Å². The highest BCUT2D eigenvalue weighted by Gasteiger charge is 2.18. The second-order valence-electron chi connectivity index (χ2n) is 8.01.